The van der Waals surface area contributed by atoms with E-state index in [1.807, 2.05) is 6.07 Å². The summed E-state index contributed by atoms with van der Waals surface area (Å²) in [6, 6.07) is 15.9. The van der Waals surface area contributed by atoms with Crippen molar-refractivity contribution in [2.75, 3.05) is 17.1 Å². The van der Waals surface area contributed by atoms with Gasteiger partial charge in [-0.25, -0.2) is 8.42 Å². The fourth-order valence-corrected chi connectivity index (χ4v) is 4.19. The summed E-state index contributed by atoms with van der Waals surface area (Å²) in [7, 11) is -2.07. The van der Waals surface area contributed by atoms with Crippen LogP contribution in [0.4, 0.5) is 5.69 Å². The van der Waals surface area contributed by atoms with Gasteiger partial charge in [0, 0.05) is 18.0 Å². The number of carbonyl (C=O) groups is 1. The number of nitrogens with one attached hydrogen (secondary N) is 1. The van der Waals surface area contributed by atoms with Gasteiger partial charge in [-0.1, -0.05) is 18.2 Å². The summed E-state index contributed by atoms with van der Waals surface area (Å²) in [4.78, 5) is 12.8. The van der Waals surface area contributed by atoms with E-state index in [1.54, 1.807) is 48.5 Å². The van der Waals surface area contributed by atoms with Crippen molar-refractivity contribution in [2.45, 2.75) is 28.7 Å². The van der Waals surface area contributed by atoms with E-state index in [2.05, 4.69) is 5.32 Å². The van der Waals surface area contributed by atoms with Crippen LogP contribution in [-0.4, -0.2) is 33.2 Å². The standard InChI is InChI=1S/C18H20N2O3S2/c1-20(15-5-3-2-4-6-15)25(22,23)17-11-9-16(10-12-17)24-13-18(21)19-14-7-8-14/h2-6,9-12,14H,7-8,13H2,1H3,(H,19,21). The first-order chi connectivity index (χ1) is 12.0. The van der Waals surface area contributed by atoms with Crippen LogP contribution in [0.1, 0.15) is 12.8 Å². The Labute approximate surface area is 152 Å². The van der Waals surface area contributed by atoms with Gasteiger partial charge in [0.15, 0.2) is 0 Å². The van der Waals surface area contributed by atoms with Gasteiger partial charge < -0.3 is 5.32 Å². The average Bonchev–Trinajstić information content (AvgIpc) is 3.44. The molecule has 0 heterocycles. The van der Waals surface area contributed by atoms with Gasteiger partial charge in [-0.3, -0.25) is 9.10 Å². The Morgan fingerprint density at radius 2 is 1.76 bits per heavy atom. The maximum absolute atomic E-state index is 12.7. The van der Waals surface area contributed by atoms with Crippen LogP contribution in [0.5, 0.6) is 0 Å². The van der Waals surface area contributed by atoms with Crippen LogP contribution in [0.3, 0.4) is 0 Å². The molecule has 1 fully saturated rings. The van der Waals surface area contributed by atoms with Crippen molar-refractivity contribution in [3.05, 3.63) is 54.6 Å². The monoisotopic (exact) mass is 376 g/mol. The number of benzene rings is 2. The van der Waals surface area contributed by atoms with Crippen molar-refractivity contribution < 1.29 is 13.2 Å². The fourth-order valence-electron chi connectivity index (χ4n) is 2.29. The predicted octanol–water partition coefficient (Wildman–Crippen LogP) is 2.88. The second-order valence-corrected chi connectivity index (χ2v) is 8.93. The first-order valence-corrected chi connectivity index (χ1v) is 10.5. The third-order valence-electron chi connectivity index (χ3n) is 3.91. The number of para-hydroxylation sites is 1. The molecule has 25 heavy (non-hydrogen) atoms. The molecular formula is C18H20N2O3S2. The molecule has 0 radical (unpaired) electrons. The smallest absolute Gasteiger partial charge is 0.264 e. The van der Waals surface area contributed by atoms with Crippen LogP contribution < -0.4 is 9.62 Å². The highest BCUT2D eigenvalue weighted by Gasteiger charge is 2.23. The molecule has 1 N–H and O–H groups in total. The molecule has 1 saturated carbocycles. The normalized spacial score (nSPS) is 14.1. The highest BCUT2D eigenvalue weighted by atomic mass is 32.2. The summed E-state index contributed by atoms with van der Waals surface area (Å²) in [5, 5.41) is 2.93. The van der Waals surface area contributed by atoms with Crippen LogP contribution in [0.2, 0.25) is 0 Å². The van der Waals surface area contributed by atoms with Crippen molar-refractivity contribution in [1.82, 2.24) is 5.32 Å². The molecule has 0 bridgehead atoms. The summed E-state index contributed by atoms with van der Waals surface area (Å²) in [5.74, 6) is 0.361. The van der Waals surface area contributed by atoms with Crippen LogP contribution in [0.15, 0.2) is 64.4 Å². The summed E-state index contributed by atoms with van der Waals surface area (Å²) in [6.45, 7) is 0. The van der Waals surface area contributed by atoms with E-state index in [0.29, 0.717) is 17.5 Å². The molecule has 0 spiro atoms. The summed E-state index contributed by atoms with van der Waals surface area (Å²) < 4.78 is 26.6. The van der Waals surface area contributed by atoms with Crippen LogP contribution in [-0.2, 0) is 14.8 Å². The zero-order chi connectivity index (χ0) is 17.9. The Morgan fingerprint density at radius 1 is 1.12 bits per heavy atom. The highest BCUT2D eigenvalue weighted by Crippen LogP contribution is 2.25. The number of nitrogens with zero attached hydrogens (tertiary/aromatic N) is 1. The van der Waals surface area contributed by atoms with E-state index < -0.39 is 10.0 Å². The second-order valence-electron chi connectivity index (χ2n) is 5.91. The molecule has 7 heteroatoms. The Bertz CT molecular complexity index is 832. The first-order valence-electron chi connectivity index (χ1n) is 8.03. The Balaban J connectivity index is 1.65. The number of thioether (sulfide) groups is 1. The van der Waals surface area contributed by atoms with Gasteiger partial charge in [0.2, 0.25) is 5.91 Å². The van der Waals surface area contributed by atoms with Crippen LogP contribution in [0.25, 0.3) is 0 Å². The molecule has 1 aliphatic carbocycles. The van der Waals surface area contributed by atoms with E-state index in [-0.39, 0.29) is 10.8 Å². The summed E-state index contributed by atoms with van der Waals surface area (Å²) >= 11 is 1.40. The van der Waals surface area contributed by atoms with Gasteiger partial charge in [-0.2, -0.15) is 0 Å². The van der Waals surface area contributed by atoms with Crippen molar-refractivity contribution >= 4 is 33.4 Å². The van der Waals surface area contributed by atoms with Crippen molar-refractivity contribution in [3.63, 3.8) is 0 Å². The number of rotatable bonds is 7. The topological polar surface area (TPSA) is 66.5 Å². The SMILES string of the molecule is CN(c1ccccc1)S(=O)(=O)c1ccc(SCC(=O)NC2CC2)cc1. The van der Waals surface area contributed by atoms with E-state index in [4.69, 9.17) is 0 Å². The number of sulfonamides is 1. The maximum atomic E-state index is 12.7. The quantitative estimate of drug-likeness (QED) is 0.755. The lowest BCUT2D eigenvalue weighted by atomic mass is 10.3. The largest absolute Gasteiger partial charge is 0.353 e. The van der Waals surface area contributed by atoms with Gasteiger partial charge >= 0.3 is 0 Å². The van der Waals surface area contributed by atoms with Gasteiger partial charge in [-0.15, -0.1) is 11.8 Å². The number of carbonyl (C=O) groups excluding carboxylic acids is 1. The number of amides is 1. The minimum absolute atomic E-state index is 0.0213. The van der Waals surface area contributed by atoms with Gasteiger partial charge in [-0.05, 0) is 49.2 Å². The maximum Gasteiger partial charge on any atom is 0.264 e. The lowest BCUT2D eigenvalue weighted by Crippen LogP contribution is -2.27. The van der Waals surface area contributed by atoms with Crippen LogP contribution in [0, 0.1) is 0 Å². The molecule has 3 rings (SSSR count). The van der Waals surface area contributed by atoms with Crippen molar-refractivity contribution in [3.8, 4) is 0 Å². The number of hydrogen-bond donors (Lipinski definition) is 1. The second kappa shape index (κ2) is 7.49. The molecule has 0 saturated heterocycles. The molecule has 2 aromatic carbocycles. The molecule has 5 nitrogen and oxygen atoms in total. The van der Waals surface area contributed by atoms with E-state index in [1.165, 1.54) is 23.1 Å². The fraction of sp³-hybridized carbons (Fsp3) is 0.278. The molecule has 132 valence electrons. The zero-order valence-corrected chi connectivity index (χ0v) is 15.5. The third-order valence-corrected chi connectivity index (χ3v) is 6.73. The van der Waals surface area contributed by atoms with Gasteiger partial charge in [0.05, 0.1) is 16.3 Å². The molecule has 0 atom stereocenters. The Hall–Kier alpha value is -1.99. The van der Waals surface area contributed by atoms with Gasteiger partial charge in [0.1, 0.15) is 0 Å². The van der Waals surface area contributed by atoms with E-state index in [0.717, 1.165) is 17.7 Å². The van der Waals surface area contributed by atoms with Crippen LogP contribution >= 0.6 is 11.8 Å². The lowest BCUT2D eigenvalue weighted by molar-refractivity contribution is -0.118. The Morgan fingerprint density at radius 3 is 2.36 bits per heavy atom. The molecule has 2 aromatic rings. The molecule has 1 amide bonds. The summed E-state index contributed by atoms with van der Waals surface area (Å²) in [5.41, 5.74) is 0.609. The van der Waals surface area contributed by atoms with Crippen molar-refractivity contribution in [2.24, 2.45) is 0 Å². The van der Waals surface area contributed by atoms with E-state index in [9.17, 15) is 13.2 Å². The number of hydrogen-bond acceptors (Lipinski definition) is 4. The minimum Gasteiger partial charge on any atom is -0.353 e. The van der Waals surface area contributed by atoms with E-state index >= 15 is 0 Å². The first kappa shape index (κ1) is 17.8. The average molecular weight is 377 g/mol. The molecule has 1 aliphatic rings. The molecular weight excluding hydrogens is 356 g/mol. The summed E-state index contributed by atoms with van der Waals surface area (Å²) in [6.07, 6.45) is 2.13. The zero-order valence-electron chi connectivity index (χ0n) is 13.9. The van der Waals surface area contributed by atoms with Crippen molar-refractivity contribution in [1.29, 1.82) is 0 Å². The third kappa shape index (κ3) is 4.55. The Kier molecular flexibility index (Phi) is 5.34. The number of anilines is 1. The van der Waals surface area contributed by atoms with Gasteiger partial charge in [0.25, 0.3) is 10.0 Å². The molecule has 0 unspecified atom stereocenters. The lowest BCUT2D eigenvalue weighted by Gasteiger charge is -2.19. The molecule has 0 aromatic heterocycles. The highest BCUT2D eigenvalue weighted by molar-refractivity contribution is 8.00. The predicted molar refractivity (Wildman–Crippen MR) is 100 cm³/mol. The minimum atomic E-state index is -3.60. The molecule has 0 aliphatic heterocycles.